The predicted octanol–water partition coefficient (Wildman–Crippen LogP) is 4.80. The zero-order chi connectivity index (χ0) is 14.0. The third kappa shape index (κ3) is 3.33. The molecule has 0 aliphatic rings. The minimum Gasteiger partial charge on any atom is -0.321 e. The van der Waals surface area contributed by atoms with Crippen molar-refractivity contribution in [1.82, 2.24) is 0 Å². The molecule has 0 bridgehead atoms. The van der Waals surface area contributed by atoms with Gasteiger partial charge in [0.15, 0.2) is 0 Å². The van der Waals surface area contributed by atoms with Gasteiger partial charge in [0.25, 0.3) is 5.91 Å². The van der Waals surface area contributed by atoms with Gasteiger partial charge in [0.2, 0.25) is 0 Å². The molecule has 2 rings (SSSR count). The molecule has 1 amide bonds. The lowest BCUT2D eigenvalue weighted by Gasteiger charge is -2.09. The van der Waals surface area contributed by atoms with Crippen LogP contribution in [0.15, 0.2) is 40.9 Å². The van der Waals surface area contributed by atoms with Crippen LogP contribution in [0.25, 0.3) is 0 Å². The van der Waals surface area contributed by atoms with Crippen molar-refractivity contribution in [2.75, 3.05) is 5.32 Å². The fourth-order valence-corrected chi connectivity index (χ4v) is 2.38. The number of carbonyl (C=O) groups excluding carboxylic acids is 1. The van der Waals surface area contributed by atoms with Crippen molar-refractivity contribution >= 4 is 39.1 Å². The van der Waals surface area contributed by atoms with Gasteiger partial charge in [-0.3, -0.25) is 4.79 Å². The van der Waals surface area contributed by atoms with Crippen molar-refractivity contribution < 1.29 is 9.18 Å². The number of benzene rings is 2. The summed E-state index contributed by atoms with van der Waals surface area (Å²) in [6.07, 6.45) is 0. The Morgan fingerprint density at radius 3 is 2.63 bits per heavy atom. The summed E-state index contributed by atoms with van der Waals surface area (Å²) in [5, 5.41) is 3.13. The summed E-state index contributed by atoms with van der Waals surface area (Å²) in [4.78, 5) is 12.1. The van der Waals surface area contributed by atoms with E-state index in [0.717, 1.165) is 4.47 Å². The summed E-state index contributed by atoms with van der Waals surface area (Å²) < 4.78 is 13.8. The highest BCUT2D eigenvalue weighted by Gasteiger charge is 2.11. The Hall–Kier alpha value is -1.39. The smallest absolute Gasteiger partial charge is 0.255 e. The van der Waals surface area contributed by atoms with Crippen LogP contribution in [-0.4, -0.2) is 5.91 Å². The number of hydrogen-bond donors (Lipinski definition) is 1. The van der Waals surface area contributed by atoms with Crippen LogP contribution in [0.4, 0.5) is 10.1 Å². The van der Waals surface area contributed by atoms with Gasteiger partial charge in [0, 0.05) is 10.0 Å². The molecule has 0 unspecified atom stereocenters. The monoisotopic (exact) mass is 341 g/mol. The summed E-state index contributed by atoms with van der Waals surface area (Å²) in [5.74, 6) is -0.683. The Bertz CT molecular complexity index is 645. The predicted molar refractivity (Wildman–Crippen MR) is 78.2 cm³/mol. The van der Waals surface area contributed by atoms with Crippen LogP contribution in [0.2, 0.25) is 5.02 Å². The third-order valence-corrected chi connectivity index (χ3v) is 3.42. The molecule has 0 saturated heterocycles. The van der Waals surface area contributed by atoms with E-state index in [1.807, 2.05) is 0 Å². The molecule has 0 aliphatic heterocycles. The summed E-state index contributed by atoms with van der Waals surface area (Å²) in [5.41, 5.74) is 1.50. The molecule has 0 spiro atoms. The van der Waals surface area contributed by atoms with Crippen molar-refractivity contribution in [3.63, 3.8) is 0 Å². The molecular formula is C14H10BrClFNO. The van der Waals surface area contributed by atoms with Crippen LogP contribution in [0.1, 0.15) is 15.9 Å². The summed E-state index contributed by atoms with van der Waals surface area (Å²) in [7, 11) is 0. The van der Waals surface area contributed by atoms with E-state index in [0.29, 0.717) is 21.8 Å². The highest BCUT2D eigenvalue weighted by Crippen LogP contribution is 2.26. The fraction of sp³-hybridized carbons (Fsp3) is 0.0714. The molecule has 0 aromatic heterocycles. The molecule has 19 heavy (non-hydrogen) atoms. The van der Waals surface area contributed by atoms with Crippen molar-refractivity contribution in [2.45, 2.75) is 6.92 Å². The summed E-state index contributed by atoms with van der Waals surface area (Å²) in [6.45, 7) is 1.68. The van der Waals surface area contributed by atoms with Gasteiger partial charge in [-0.2, -0.15) is 0 Å². The molecular weight excluding hydrogens is 333 g/mol. The third-order valence-electron chi connectivity index (χ3n) is 2.61. The topological polar surface area (TPSA) is 29.1 Å². The van der Waals surface area contributed by atoms with Crippen LogP contribution in [0.5, 0.6) is 0 Å². The van der Waals surface area contributed by atoms with E-state index in [2.05, 4.69) is 21.2 Å². The lowest BCUT2D eigenvalue weighted by molar-refractivity contribution is 0.102. The lowest BCUT2D eigenvalue weighted by Crippen LogP contribution is -2.13. The maximum absolute atomic E-state index is 13.0. The molecule has 1 N–H and O–H groups in total. The second kappa shape index (κ2) is 5.72. The normalized spacial score (nSPS) is 10.3. The SMILES string of the molecule is Cc1cc(F)ccc1C(=O)Nc1ccc(Br)cc1Cl. The van der Waals surface area contributed by atoms with Crippen molar-refractivity contribution in [1.29, 1.82) is 0 Å². The van der Waals surface area contributed by atoms with E-state index in [1.54, 1.807) is 25.1 Å². The minimum absolute atomic E-state index is 0.318. The van der Waals surface area contributed by atoms with Gasteiger partial charge in [-0.25, -0.2) is 4.39 Å². The first kappa shape index (κ1) is 14.0. The van der Waals surface area contributed by atoms with Gasteiger partial charge in [0.05, 0.1) is 10.7 Å². The molecule has 0 fully saturated rings. The largest absolute Gasteiger partial charge is 0.321 e. The average Bonchev–Trinajstić information content (AvgIpc) is 2.32. The molecule has 2 aromatic rings. The number of nitrogens with one attached hydrogen (secondary N) is 1. The Labute approximate surface area is 123 Å². The Balaban J connectivity index is 2.25. The number of rotatable bonds is 2. The second-order valence-electron chi connectivity index (χ2n) is 4.04. The minimum atomic E-state index is -0.365. The molecule has 0 saturated carbocycles. The quantitative estimate of drug-likeness (QED) is 0.834. The van der Waals surface area contributed by atoms with Gasteiger partial charge in [0.1, 0.15) is 5.82 Å². The molecule has 5 heteroatoms. The number of aryl methyl sites for hydroxylation is 1. The Morgan fingerprint density at radius 1 is 1.26 bits per heavy atom. The number of anilines is 1. The van der Waals surface area contributed by atoms with Crippen LogP contribution in [0, 0.1) is 12.7 Å². The number of halogens is 3. The highest BCUT2D eigenvalue weighted by molar-refractivity contribution is 9.10. The molecule has 98 valence electrons. The highest BCUT2D eigenvalue weighted by atomic mass is 79.9. The second-order valence-corrected chi connectivity index (χ2v) is 5.36. The van der Waals surface area contributed by atoms with Gasteiger partial charge < -0.3 is 5.32 Å². The van der Waals surface area contributed by atoms with Crippen LogP contribution >= 0.6 is 27.5 Å². The van der Waals surface area contributed by atoms with E-state index in [4.69, 9.17) is 11.6 Å². The van der Waals surface area contributed by atoms with Crippen molar-refractivity contribution in [2.24, 2.45) is 0 Å². The van der Waals surface area contributed by atoms with Gasteiger partial charge in [-0.05, 0) is 48.9 Å². The zero-order valence-electron chi connectivity index (χ0n) is 10.0. The number of hydrogen-bond acceptors (Lipinski definition) is 1. The summed E-state index contributed by atoms with van der Waals surface area (Å²) in [6, 6.07) is 9.19. The van der Waals surface area contributed by atoms with Gasteiger partial charge >= 0.3 is 0 Å². The lowest BCUT2D eigenvalue weighted by atomic mass is 10.1. The first-order chi connectivity index (χ1) is 8.97. The Morgan fingerprint density at radius 2 is 2.00 bits per heavy atom. The van der Waals surface area contributed by atoms with Crippen molar-refractivity contribution in [3.05, 3.63) is 62.8 Å². The number of amides is 1. The molecule has 2 nitrogen and oxygen atoms in total. The van der Waals surface area contributed by atoms with Gasteiger partial charge in [-0.1, -0.05) is 27.5 Å². The van der Waals surface area contributed by atoms with E-state index in [1.165, 1.54) is 18.2 Å². The molecule has 0 heterocycles. The maximum Gasteiger partial charge on any atom is 0.255 e. The zero-order valence-corrected chi connectivity index (χ0v) is 12.3. The van der Waals surface area contributed by atoms with Gasteiger partial charge in [-0.15, -0.1) is 0 Å². The Kier molecular flexibility index (Phi) is 4.22. The van der Waals surface area contributed by atoms with E-state index >= 15 is 0 Å². The molecule has 0 aliphatic carbocycles. The fourth-order valence-electron chi connectivity index (χ4n) is 1.66. The van der Waals surface area contributed by atoms with Crippen LogP contribution < -0.4 is 5.32 Å². The van der Waals surface area contributed by atoms with E-state index in [9.17, 15) is 9.18 Å². The molecule has 2 aromatic carbocycles. The first-order valence-corrected chi connectivity index (χ1v) is 6.67. The van der Waals surface area contributed by atoms with Crippen molar-refractivity contribution in [3.8, 4) is 0 Å². The maximum atomic E-state index is 13.0. The average molecular weight is 343 g/mol. The first-order valence-electron chi connectivity index (χ1n) is 5.50. The van der Waals surface area contributed by atoms with Crippen LogP contribution in [-0.2, 0) is 0 Å². The van der Waals surface area contributed by atoms with E-state index < -0.39 is 0 Å². The van der Waals surface area contributed by atoms with E-state index in [-0.39, 0.29) is 11.7 Å². The standard InChI is InChI=1S/C14H10BrClFNO/c1-8-6-10(17)3-4-11(8)14(19)18-13-5-2-9(15)7-12(13)16/h2-7H,1H3,(H,18,19). The molecule has 0 atom stereocenters. The van der Waals surface area contributed by atoms with Crippen LogP contribution in [0.3, 0.4) is 0 Å². The molecule has 0 radical (unpaired) electrons. The summed E-state index contributed by atoms with van der Waals surface area (Å²) >= 11 is 9.31. The number of carbonyl (C=O) groups is 1.